The van der Waals surface area contributed by atoms with Gasteiger partial charge in [-0.1, -0.05) is 30.8 Å². The Morgan fingerprint density at radius 1 is 1.07 bits per heavy atom. The van der Waals surface area contributed by atoms with Crippen LogP contribution in [0.25, 0.3) is 5.82 Å². The van der Waals surface area contributed by atoms with Crippen molar-refractivity contribution in [3.05, 3.63) is 78.0 Å². The topological polar surface area (TPSA) is 46.3 Å². The van der Waals surface area contributed by atoms with E-state index in [0.717, 1.165) is 28.8 Å². The van der Waals surface area contributed by atoms with Gasteiger partial charge in [-0.05, 0) is 42.8 Å². The maximum atomic E-state index is 5.07. The maximum Gasteiger partial charge on any atom is 0.160 e. The Morgan fingerprint density at radius 3 is 2.78 bits per heavy atom. The average molecular weight is 376 g/mol. The van der Waals surface area contributed by atoms with Gasteiger partial charge in [0.1, 0.15) is 11.9 Å². The number of pyridine rings is 2. The number of aliphatic imine (C=N–C) groups is 1. The molecule has 0 bridgehead atoms. The van der Waals surface area contributed by atoms with Gasteiger partial charge in [-0.15, -0.1) is 0 Å². The quantitative estimate of drug-likeness (QED) is 0.689. The maximum absolute atomic E-state index is 5.07. The predicted molar refractivity (Wildman–Crippen MR) is 109 cm³/mol. The second-order valence-corrected chi connectivity index (χ2v) is 8.54. The van der Waals surface area contributed by atoms with Crippen LogP contribution in [0.1, 0.15) is 36.0 Å². The molecular weight excluding hydrogens is 354 g/mol. The number of hydrogen-bond acceptors (Lipinski definition) is 5. The van der Waals surface area contributed by atoms with E-state index in [1.165, 1.54) is 5.69 Å². The Labute approximate surface area is 163 Å². The van der Waals surface area contributed by atoms with E-state index in [1.54, 1.807) is 0 Å². The van der Waals surface area contributed by atoms with E-state index in [1.807, 2.05) is 36.3 Å². The molecule has 0 aliphatic carbocycles. The number of rotatable bonds is 3. The first-order valence-corrected chi connectivity index (χ1v) is 10.1. The number of thioether (sulfide) groups is 1. The van der Waals surface area contributed by atoms with E-state index >= 15 is 0 Å². The summed E-state index contributed by atoms with van der Waals surface area (Å²) in [5.41, 5.74) is 3.38. The normalized spacial score (nSPS) is 24.1. The predicted octanol–water partition coefficient (Wildman–Crippen LogP) is 4.17. The van der Waals surface area contributed by atoms with Crippen molar-refractivity contribution >= 4 is 16.9 Å². The number of fused-ring (bicyclic) bond motifs is 1. The largest absolute Gasteiger partial charge is 0.339 e. The highest BCUT2D eigenvalue weighted by Gasteiger charge is 2.44. The molecule has 2 aliphatic rings. The van der Waals surface area contributed by atoms with Crippen LogP contribution in [-0.2, 0) is 0 Å². The highest BCUT2D eigenvalue weighted by atomic mass is 32.2. The molecular formula is C21H21N5S. The third-order valence-corrected chi connectivity index (χ3v) is 6.21. The number of aromatic nitrogens is 3. The van der Waals surface area contributed by atoms with Gasteiger partial charge >= 0.3 is 0 Å². The molecule has 1 saturated heterocycles. The minimum absolute atomic E-state index is 0.000276. The van der Waals surface area contributed by atoms with Crippen molar-refractivity contribution in [1.82, 2.24) is 19.4 Å². The van der Waals surface area contributed by atoms with Gasteiger partial charge < -0.3 is 9.47 Å². The molecule has 2 aliphatic heterocycles. The fourth-order valence-electron chi connectivity index (χ4n) is 3.88. The van der Waals surface area contributed by atoms with Gasteiger partial charge in [0.25, 0.3) is 0 Å². The van der Waals surface area contributed by atoms with Crippen molar-refractivity contribution in [2.45, 2.75) is 31.2 Å². The molecule has 5 heterocycles. The molecule has 5 rings (SSSR count). The average Bonchev–Trinajstić information content (AvgIpc) is 3.37. The van der Waals surface area contributed by atoms with Crippen LogP contribution in [0.15, 0.2) is 66.0 Å². The zero-order chi connectivity index (χ0) is 18.4. The lowest BCUT2D eigenvalue weighted by atomic mass is 10.0. The lowest BCUT2D eigenvalue weighted by Gasteiger charge is -2.28. The monoisotopic (exact) mass is 375 g/mol. The zero-order valence-corrected chi connectivity index (χ0v) is 16.2. The number of aryl methyl sites for hydroxylation is 1. The molecule has 0 amide bonds. The molecule has 5 nitrogen and oxygen atoms in total. The van der Waals surface area contributed by atoms with Gasteiger partial charge in [0.05, 0.1) is 11.7 Å². The molecule has 0 N–H and O–H groups in total. The van der Waals surface area contributed by atoms with Crippen LogP contribution >= 0.6 is 11.8 Å². The molecule has 27 heavy (non-hydrogen) atoms. The first-order valence-electron chi connectivity index (χ1n) is 9.23. The number of hydrogen-bond donors (Lipinski definition) is 0. The minimum atomic E-state index is 0.000276. The summed E-state index contributed by atoms with van der Waals surface area (Å²) in [5, 5.41) is 1.68. The highest BCUT2D eigenvalue weighted by Crippen LogP contribution is 2.47. The second-order valence-electron chi connectivity index (χ2n) is 7.13. The zero-order valence-electron chi connectivity index (χ0n) is 15.4. The van der Waals surface area contributed by atoms with Crippen molar-refractivity contribution in [3.8, 4) is 5.82 Å². The Bertz CT molecular complexity index is 979. The first-order chi connectivity index (χ1) is 13.2. The van der Waals surface area contributed by atoms with E-state index in [0.29, 0.717) is 5.25 Å². The van der Waals surface area contributed by atoms with Crippen LogP contribution in [0, 0.1) is 6.92 Å². The second kappa shape index (κ2) is 6.53. The van der Waals surface area contributed by atoms with Crippen LogP contribution in [0.5, 0.6) is 0 Å². The van der Waals surface area contributed by atoms with Crippen LogP contribution in [-0.4, -0.2) is 36.4 Å². The molecule has 0 unspecified atom stereocenters. The van der Waals surface area contributed by atoms with Crippen molar-refractivity contribution in [3.63, 3.8) is 0 Å². The van der Waals surface area contributed by atoms with Gasteiger partial charge in [-0.25, -0.2) is 4.98 Å². The Kier molecular flexibility index (Phi) is 4.01. The molecule has 6 heteroatoms. The summed E-state index contributed by atoms with van der Waals surface area (Å²) in [6.45, 7) is 5.33. The molecule has 136 valence electrons. The van der Waals surface area contributed by atoms with Crippen LogP contribution in [0.2, 0.25) is 0 Å². The first kappa shape index (κ1) is 16.6. The smallest absolute Gasteiger partial charge is 0.160 e. The van der Waals surface area contributed by atoms with Crippen LogP contribution < -0.4 is 0 Å². The Balaban J connectivity index is 1.60. The molecule has 1 fully saturated rings. The number of nitrogens with zero attached hydrogens (tertiary/aromatic N) is 5. The summed E-state index contributed by atoms with van der Waals surface area (Å²) in [6, 6.07) is 14.7. The lowest BCUT2D eigenvalue weighted by Crippen LogP contribution is -2.30. The van der Waals surface area contributed by atoms with Gasteiger partial charge in [0.2, 0.25) is 0 Å². The Hall–Kier alpha value is -2.60. The van der Waals surface area contributed by atoms with E-state index in [9.17, 15) is 0 Å². The third kappa shape index (κ3) is 2.84. The molecule has 3 aromatic heterocycles. The summed E-state index contributed by atoms with van der Waals surface area (Å²) in [7, 11) is 0. The van der Waals surface area contributed by atoms with Gasteiger partial charge in [-0.3, -0.25) is 9.98 Å². The highest BCUT2D eigenvalue weighted by molar-refractivity contribution is 8.14. The molecule has 0 aromatic carbocycles. The van der Waals surface area contributed by atoms with Gasteiger partial charge in [0, 0.05) is 36.1 Å². The Morgan fingerprint density at radius 2 is 2.00 bits per heavy atom. The minimum Gasteiger partial charge on any atom is -0.339 e. The summed E-state index contributed by atoms with van der Waals surface area (Å²) in [4.78, 5) is 16.8. The third-order valence-electron chi connectivity index (χ3n) is 5.11. The SMILES string of the molecule is Cc1ccc(-n2cccc2[C@@H]2[C@H](c3ccccn3)N=C3S[C@@H](C)CN32)nc1. The molecule has 0 saturated carbocycles. The van der Waals surface area contributed by atoms with Crippen LogP contribution in [0.4, 0.5) is 0 Å². The number of amidine groups is 1. The van der Waals surface area contributed by atoms with E-state index < -0.39 is 0 Å². The van der Waals surface area contributed by atoms with Crippen molar-refractivity contribution in [2.24, 2.45) is 4.99 Å². The molecule has 3 aromatic rings. The summed E-state index contributed by atoms with van der Waals surface area (Å²) in [6.07, 6.45) is 5.86. The van der Waals surface area contributed by atoms with Crippen molar-refractivity contribution in [2.75, 3.05) is 6.54 Å². The van der Waals surface area contributed by atoms with Crippen LogP contribution in [0.3, 0.4) is 0 Å². The standard InChI is InChI=1S/C21H21N5S/c1-14-8-9-18(23-12-14)25-11-5-7-17(25)20-19(16-6-3-4-10-22-16)24-21-26(20)13-15(2)27-21/h3-12,15,19-20H,13H2,1-2H3/t15-,19-,20+/m0/s1. The summed E-state index contributed by atoms with van der Waals surface area (Å²) in [5.74, 6) is 0.939. The molecule has 3 atom stereocenters. The fraction of sp³-hybridized carbons (Fsp3) is 0.286. The fourth-order valence-corrected chi connectivity index (χ4v) is 4.98. The molecule has 0 radical (unpaired) electrons. The van der Waals surface area contributed by atoms with Crippen molar-refractivity contribution < 1.29 is 0 Å². The summed E-state index contributed by atoms with van der Waals surface area (Å²) < 4.78 is 2.19. The molecule has 0 spiro atoms. The van der Waals surface area contributed by atoms with Gasteiger partial charge in [-0.2, -0.15) is 0 Å². The lowest BCUT2D eigenvalue weighted by molar-refractivity contribution is 0.312. The van der Waals surface area contributed by atoms with E-state index in [-0.39, 0.29) is 12.1 Å². The van der Waals surface area contributed by atoms with E-state index in [4.69, 9.17) is 4.99 Å². The van der Waals surface area contributed by atoms with E-state index in [2.05, 4.69) is 69.8 Å². The summed E-state index contributed by atoms with van der Waals surface area (Å²) >= 11 is 1.86. The van der Waals surface area contributed by atoms with Crippen molar-refractivity contribution in [1.29, 1.82) is 0 Å². The van der Waals surface area contributed by atoms with Gasteiger partial charge in [0.15, 0.2) is 5.17 Å².